The average molecular weight is 475 g/mol. The van der Waals surface area contributed by atoms with Crippen molar-refractivity contribution in [3.8, 4) is 0 Å². The van der Waals surface area contributed by atoms with Crippen LogP contribution in [-0.2, 0) is 22.5 Å². The van der Waals surface area contributed by atoms with Crippen LogP contribution < -0.4 is 10.9 Å². The smallest absolute Gasteiger partial charge is 0.338 e. The number of nitrogens with zero attached hydrogens (tertiary/aromatic N) is 3. The van der Waals surface area contributed by atoms with E-state index in [1.165, 1.54) is 18.2 Å². The maximum atomic E-state index is 12.8. The van der Waals surface area contributed by atoms with Crippen molar-refractivity contribution in [2.45, 2.75) is 39.2 Å². The van der Waals surface area contributed by atoms with Gasteiger partial charge in [-0.15, -0.1) is 0 Å². The normalized spacial score (nSPS) is 13.3. The Hall–Kier alpha value is -2.97. The minimum absolute atomic E-state index is 0.103. The summed E-state index contributed by atoms with van der Waals surface area (Å²) in [6.07, 6.45) is 3.69. The quantitative estimate of drug-likeness (QED) is 0.574. The van der Waals surface area contributed by atoms with Crippen molar-refractivity contribution in [3.63, 3.8) is 0 Å². The molecule has 1 aliphatic rings. The van der Waals surface area contributed by atoms with Crippen molar-refractivity contribution in [2.24, 2.45) is 0 Å². The maximum Gasteiger partial charge on any atom is 0.338 e. The number of esters is 1. The first-order chi connectivity index (χ1) is 15.3. The molecule has 0 bridgehead atoms. The van der Waals surface area contributed by atoms with Gasteiger partial charge in [-0.1, -0.05) is 29.6 Å². The summed E-state index contributed by atoms with van der Waals surface area (Å²) in [7, 11) is 0. The molecule has 3 heterocycles. The third kappa shape index (κ3) is 4.61. The van der Waals surface area contributed by atoms with Crippen LogP contribution in [-0.4, -0.2) is 33.0 Å². The van der Waals surface area contributed by atoms with E-state index in [-0.39, 0.29) is 22.0 Å². The van der Waals surface area contributed by atoms with Gasteiger partial charge in [0.15, 0.2) is 12.4 Å². The van der Waals surface area contributed by atoms with Crippen LogP contribution in [0.1, 0.15) is 41.1 Å². The van der Waals surface area contributed by atoms with Gasteiger partial charge < -0.3 is 10.1 Å². The first kappa shape index (κ1) is 22.2. The highest BCUT2D eigenvalue weighted by atomic mass is 35.5. The maximum absolute atomic E-state index is 12.8. The van der Waals surface area contributed by atoms with Crippen LogP contribution in [0.5, 0.6) is 0 Å². The molecular formula is C22H20Cl2N4O4. The first-order valence-electron chi connectivity index (χ1n) is 10.2. The summed E-state index contributed by atoms with van der Waals surface area (Å²) in [6, 6.07) is 6.05. The number of aryl methyl sites for hydroxylation is 2. The highest BCUT2D eigenvalue weighted by Crippen LogP contribution is 2.25. The third-order valence-corrected chi connectivity index (χ3v) is 5.92. The second-order valence-electron chi connectivity index (χ2n) is 7.54. The van der Waals surface area contributed by atoms with Gasteiger partial charge in [0.05, 0.1) is 32.2 Å². The second kappa shape index (κ2) is 9.26. The number of carbonyl (C=O) groups excluding carboxylic acids is 2. The zero-order valence-corrected chi connectivity index (χ0v) is 18.8. The fraction of sp³-hybridized carbons (Fsp3) is 0.318. The Labute approximate surface area is 193 Å². The molecule has 2 aromatic heterocycles. The molecule has 8 nitrogen and oxygen atoms in total. The fourth-order valence-electron chi connectivity index (χ4n) is 3.57. The van der Waals surface area contributed by atoms with Crippen LogP contribution in [0.2, 0.25) is 10.0 Å². The molecule has 0 aliphatic carbocycles. The first-order valence-corrected chi connectivity index (χ1v) is 10.9. The van der Waals surface area contributed by atoms with Gasteiger partial charge in [-0.25, -0.2) is 14.8 Å². The average Bonchev–Trinajstić information content (AvgIpc) is 3.01. The number of rotatable bonds is 4. The molecule has 0 saturated carbocycles. The molecule has 3 aromatic rings. The third-order valence-electron chi connectivity index (χ3n) is 5.25. The van der Waals surface area contributed by atoms with Gasteiger partial charge >= 0.3 is 5.97 Å². The Balaban J connectivity index is 1.47. The second-order valence-corrected chi connectivity index (χ2v) is 8.35. The van der Waals surface area contributed by atoms with Gasteiger partial charge in [-0.05, 0) is 44.0 Å². The van der Waals surface area contributed by atoms with E-state index in [1.54, 1.807) is 17.6 Å². The highest BCUT2D eigenvalue weighted by molar-refractivity contribution is 6.36. The molecule has 0 fully saturated rings. The lowest BCUT2D eigenvalue weighted by Gasteiger charge is -2.11. The molecule has 4 rings (SSSR count). The Bertz CT molecular complexity index is 1290. The fourth-order valence-corrected chi connectivity index (χ4v) is 3.98. The Morgan fingerprint density at radius 3 is 2.75 bits per heavy atom. The molecule has 0 unspecified atom stereocenters. The summed E-state index contributed by atoms with van der Waals surface area (Å²) >= 11 is 12.0. The number of benzene rings is 1. The van der Waals surface area contributed by atoms with Crippen molar-refractivity contribution in [1.82, 2.24) is 14.5 Å². The Morgan fingerprint density at radius 1 is 1.12 bits per heavy atom. The summed E-state index contributed by atoms with van der Waals surface area (Å²) in [4.78, 5) is 46.1. The van der Waals surface area contributed by atoms with E-state index < -0.39 is 18.5 Å². The van der Waals surface area contributed by atoms with Crippen LogP contribution >= 0.6 is 23.2 Å². The van der Waals surface area contributed by atoms with Crippen LogP contribution in [0, 0.1) is 6.92 Å². The molecule has 10 heteroatoms. The molecule has 166 valence electrons. The molecular weight excluding hydrogens is 455 g/mol. The van der Waals surface area contributed by atoms with Crippen molar-refractivity contribution in [3.05, 3.63) is 61.7 Å². The summed E-state index contributed by atoms with van der Waals surface area (Å²) in [5.41, 5.74) is 1.04. The lowest BCUT2D eigenvalue weighted by Crippen LogP contribution is -2.25. The number of hydrogen-bond donors (Lipinski definition) is 1. The number of nitrogens with one attached hydrogen (secondary N) is 1. The van der Waals surface area contributed by atoms with E-state index in [1.807, 2.05) is 0 Å². The van der Waals surface area contributed by atoms with Crippen LogP contribution in [0.15, 0.2) is 29.1 Å². The van der Waals surface area contributed by atoms with Crippen molar-refractivity contribution in [2.75, 3.05) is 11.9 Å². The van der Waals surface area contributed by atoms with Gasteiger partial charge in [-0.2, -0.15) is 0 Å². The summed E-state index contributed by atoms with van der Waals surface area (Å²) < 4.78 is 6.83. The number of carbonyl (C=O) groups is 2. The molecule has 1 aromatic carbocycles. The number of halogens is 2. The monoisotopic (exact) mass is 474 g/mol. The van der Waals surface area contributed by atoms with Crippen LogP contribution in [0.25, 0.3) is 10.9 Å². The molecule has 0 radical (unpaired) electrons. The summed E-state index contributed by atoms with van der Waals surface area (Å²) in [6.45, 7) is 1.80. The largest absolute Gasteiger partial charge is 0.452 e. The molecule has 32 heavy (non-hydrogen) atoms. The number of aromatic nitrogens is 3. The van der Waals surface area contributed by atoms with Gasteiger partial charge in [0.2, 0.25) is 0 Å². The SMILES string of the molecule is Cc1nc(NC(=O)COC(=O)c2ccc3c(=O)n4c(nc3c2)CCCCC4)c(Cl)cc1Cl. The van der Waals surface area contributed by atoms with Gasteiger partial charge in [0, 0.05) is 13.0 Å². The minimum Gasteiger partial charge on any atom is -0.452 e. The summed E-state index contributed by atoms with van der Waals surface area (Å²) in [5, 5.41) is 3.48. The Morgan fingerprint density at radius 2 is 1.94 bits per heavy atom. The highest BCUT2D eigenvalue weighted by Gasteiger charge is 2.17. The molecule has 1 amide bonds. The van der Waals surface area contributed by atoms with Crippen molar-refractivity contribution < 1.29 is 14.3 Å². The van der Waals surface area contributed by atoms with E-state index >= 15 is 0 Å². The lowest BCUT2D eigenvalue weighted by atomic mass is 10.1. The number of ether oxygens (including phenoxy) is 1. The predicted molar refractivity (Wildman–Crippen MR) is 121 cm³/mol. The van der Waals surface area contributed by atoms with Gasteiger partial charge in [-0.3, -0.25) is 14.2 Å². The molecule has 0 atom stereocenters. The zero-order chi connectivity index (χ0) is 22.8. The van der Waals surface area contributed by atoms with E-state index in [9.17, 15) is 14.4 Å². The van der Waals surface area contributed by atoms with Crippen LogP contribution in [0.4, 0.5) is 5.82 Å². The topological polar surface area (TPSA) is 103 Å². The molecule has 1 aliphatic heterocycles. The Kier molecular flexibility index (Phi) is 6.43. The van der Waals surface area contributed by atoms with E-state index in [0.717, 1.165) is 31.5 Å². The minimum atomic E-state index is -0.703. The number of pyridine rings is 1. The van der Waals surface area contributed by atoms with E-state index in [4.69, 9.17) is 27.9 Å². The standard InChI is InChI=1S/C22H20Cl2N4O4/c1-12-15(23)10-16(24)20(25-12)27-19(29)11-32-22(31)13-6-7-14-17(9-13)26-18-5-3-2-4-8-28(18)21(14)30/h6-7,9-10H,2-5,8,11H2,1H3,(H,25,27,29). The lowest BCUT2D eigenvalue weighted by molar-refractivity contribution is -0.119. The van der Waals surface area contributed by atoms with Gasteiger partial charge in [0.25, 0.3) is 11.5 Å². The van der Waals surface area contributed by atoms with E-state index in [2.05, 4.69) is 15.3 Å². The van der Waals surface area contributed by atoms with Gasteiger partial charge in [0.1, 0.15) is 5.82 Å². The number of amides is 1. The number of fused-ring (bicyclic) bond motifs is 2. The molecule has 0 spiro atoms. The molecule has 1 N–H and O–H groups in total. The van der Waals surface area contributed by atoms with Crippen LogP contribution in [0.3, 0.4) is 0 Å². The zero-order valence-electron chi connectivity index (χ0n) is 17.3. The number of anilines is 1. The van der Waals surface area contributed by atoms with Crippen molar-refractivity contribution in [1.29, 1.82) is 0 Å². The molecule has 0 saturated heterocycles. The predicted octanol–water partition coefficient (Wildman–Crippen LogP) is 3.93. The summed E-state index contributed by atoms with van der Waals surface area (Å²) in [5.74, 6) is -0.444. The van der Waals surface area contributed by atoms with E-state index in [0.29, 0.717) is 28.2 Å². The number of hydrogen-bond acceptors (Lipinski definition) is 6. The van der Waals surface area contributed by atoms with Crippen molar-refractivity contribution >= 4 is 51.8 Å².